The lowest BCUT2D eigenvalue weighted by Crippen LogP contribution is -2.67. The molecule has 1 amide bonds. The largest absolute Gasteiger partial charge is 0.346 e. The Bertz CT molecular complexity index is 478. The summed E-state index contributed by atoms with van der Waals surface area (Å²) in [5.74, 6) is 2.41. The molecule has 0 aromatic rings. The molecule has 4 fully saturated rings. The van der Waals surface area contributed by atoms with Gasteiger partial charge >= 0.3 is 0 Å². The van der Waals surface area contributed by atoms with Gasteiger partial charge in [-0.05, 0) is 68.6 Å². The fourth-order valence-electron chi connectivity index (χ4n) is 6.50. The van der Waals surface area contributed by atoms with E-state index in [9.17, 15) is 4.79 Å². The predicted octanol–water partition coefficient (Wildman–Crippen LogP) is 5.62. The molecule has 2 nitrogen and oxygen atoms in total. The first-order valence-electron chi connectivity index (χ1n) is 10.4. The van der Waals surface area contributed by atoms with Crippen molar-refractivity contribution in [2.24, 2.45) is 23.2 Å². The summed E-state index contributed by atoms with van der Waals surface area (Å²) in [6, 6.07) is 0. The number of rotatable bonds is 8. The van der Waals surface area contributed by atoms with Gasteiger partial charge in [-0.2, -0.15) is 0 Å². The van der Waals surface area contributed by atoms with Crippen LogP contribution >= 0.6 is 0 Å². The Balaban J connectivity index is 1.75. The molecule has 4 aliphatic rings. The van der Waals surface area contributed by atoms with E-state index in [1.54, 1.807) is 0 Å². The van der Waals surface area contributed by atoms with Crippen LogP contribution < -0.4 is 5.32 Å². The summed E-state index contributed by atoms with van der Waals surface area (Å²) < 4.78 is 0. The minimum Gasteiger partial charge on any atom is -0.346 e. The molecule has 0 heterocycles. The van der Waals surface area contributed by atoms with Crippen molar-refractivity contribution in [1.29, 1.82) is 0 Å². The van der Waals surface area contributed by atoms with E-state index in [-0.39, 0.29) is 11.4 Å². The van der Waals surface area contributed by atoms with E-state index in [0.717, 1.165) is 5.92 Å². The maximum atomic E-state index is 12.5. The van der Waals surface area contributed by atoms with Crippen LogP contribution in [0, 0.1) is 23.2 Å². The summed E-state index contributed by atoms with van der Waals surface area (Å²) in [5.41, 5.74) is 1.29. The summed E-state index contributed by atoms with van der Waals surface area (Å²) in [7, 11) is 0. The highest BCUT2D eigenvalue weighted by atomic mass is 16.1. The number of amides is 1. The topological polar surface area (TPSA) is 29.1 Å². The van der Waals surface area contributed by atoms with E-state index < -0.39 is 0 Å². The van der Waals surface area contributed by atoms with Gasteiger partial charge in [0.05, 0.1) is 0 Å². The summed E-state index contributed by atoms with van der Waals surface area (Å²) in [6.07, 6.45) is 14.5. The zero-order valence-corrected chi connectivity index (χ0v) is 16.1. The van der Waals surface area contributed by atoms with Crippen molar-refractivity contribution >= 4 is 5.91 Å². The van der Waals surface area contributed by atoms with E-state index in [2.05, 4.69) is 25.7 Å². The Morgan fingerprint density at radius 2 is 1.71 bits per heavy atom. The molecule has 24 heavy (non-hydrogen) atoms. The molecule has 4 rings (SSSR count). The third-order valence-corrected chi connectivity index (χ3v) is 7.38. The molecular formula is C22H37NO. The van der Waals surface area contributed by atoms with Gasteiger partial charge in [0.25, 0.3) is 0 Å². The Kier molecular flexibility index (Phi) is 5.14. The first-order chi connectivity index (χ1) is 11.4. The zero-order valence-electron chi connectivity index (χ0n) is 16.1. The normalized spacial score (nSPS) is 39.9. The summed E-state index contributed by atoms with van der Waals surface area (Å²) in [5, 5.41) is 3.54. The Hall–Kier alpha value is -0.790. The van der Waals surface area contributed by atoms with Gasteiger partial charge < -0.3 is 5.32 Å². The molecule has 4 saturated carbocycles. The maximum absolute atomic E-state index is 12.5. The number of unbranched alkanes of at least 4 members (excludes halogenated alkanes) is 4. The lowest BCUT2D eigenvalue weighted by Gasteiger charge is -2.65. The van der Waals surface area contributed by atoms with Gasteiger partial charge in [0.15, 0.2) is 0 Å². The third-order valence-electron chi connectivity index (χ3n) is 7.38. The van der Waals surface area contributed by atoms with Gasteiger partial charge in [0.2, 0.25) is 5.91 Å². The van der Waals surface area contributed by atoms with Crippen molar-refractivity contribution in [1.82, 2.24) is 5.32 Å². The summed E-state index contributed by atoms with van der Waals surface area (Å²) in [6.45, 7) is 10.5. The van der Waals surface area contributed by atoms with Crippen LogP contribution in [-0.2, 0) is 4.79 Å². The van der Waals surface area contributed by atoms with Crippen molar-refractivity contribution in [3.8, 4) is 0 Å². The molecule has 0 spiro atoms. The van der Waals surface area contributed by atoms with Crippen molar-refractivity contribution in [2.75, 3.05) is 0 Å². The van der Waals surface area contributed by atoms with Gasteiger partial charge in [-0.1, -0.05) is 52.5 Å². The molecule has 0 saturated heterocycles. The monoisotopic (exact) mass is 331 g/mol. The molecule has 136 valence electrons. The number of carbonyl (C=O) groups excluding carboxylic acids is 1. The van der Waals surface area contributed by atoms with Crippen LogP contribution in [0.25, 0.3) is 0 Å². The molecule has 2 heteroatoms. The molecule has 0 aromatic heterocycles. The maximum Gasteiger partial charge on any atom is 0.246 e. The van der Waals surface area contributed by atoms with Gasteiger partial charge in [0.1, 0.15) is 0 Å². The van der Waals surface area contributed by atoms with Crippen LogP contribution in [0.5, 0.6) is 0 Å². The molecule has 1 N–H and O–H groups in total. The average molecular weight is 332 g/mol. The number of hydrogen-bond acceptors (Lipinski definition) is 1. The molecule has 0 aliphatic heterocycles. The molecule has 4 bridgehead atoms. The summed E-state index contributed by atoms with van der Waals surface area (Å²) in [4.78, 5) is 12.5. The predicted molar refractivity (Wildman–Crippen MR) is 101 cm³/mol. The second kappa shape index (κ2) is 6.84. The SMILES string of the molecule is C=C(C)C(=O)NC1(CCCCCCC)C2CC3CC1CC(C)(C3)C2. The van der Waals surface area contributed by atoms with Crippen LogP contribution in [0.15, 0.2) is 12.2 Å². The highest BCUT2D eigenvalue weighted by molar-refractivity contribution is 5.92. The lowest BCUT2D eigenvalue weighted by molar-refractivity contribution is -0.139. The second-order valence-corrected chi connectivity index (χ2v) is 9.59. The quantitative estimate of drug-likeness (QED) is 0.453. The number of hydrogen-bond donors (Lipinski definition) is 1. The van der Waals surface area contributed by atoms with E-state index in [1.807, 2.05) is 6.92 Å². The van der Waals surface area contributed by atoms with Crippen molar-refractivity contribution in [3.63, 3.8) is 0 Å². The van der Waals surface area contributed by atoms with Gasteiger partial charge in [-0.25, -0.2) is 0 Å². The number of nitrogens with one attached hydrogen (secondary N) is 1. The van der Waals surface area contributed by atoms with Gasteiger partial charge in [-0.15, -0.1) is 0 Å². The lowest BCUT2D eigenvalue weighted by atomic mass is 9.43. The number of carbonyl (C=O) groups is 1. The van der Waals surface area contributed by atoms with Crippen molar-refractivity contribution in [3.05, 3.63) is 12.2 Å². The van der Waals surface area contributed by atoms with E-state index >= 15 is 0 Å². The molecular weight excluding hydrogens is 294 g/mol. The fourth-order valence-corrected chi connectivity index (χ4v) is 6.50. The van der Waals surface area contributed by atoms with E-state index in [1.165, 1.54) is 70.6 Å². The fraction of sp³-hybridized carbons (Fsp3) is 0.864. The molecule has 2 atom stereocenters. The van der Waals surface area contributed by atoms with Crippen LogP contribution in [0.1, 0.15) is 91.4 Å². The van der Waals surface area contributed by atoms with Crippen LogP contribution in [-0.4, -0.2) is 11.4 Å². The van der Waals surface area contributed by atoms with Crippen LogP contribution in [0.4, 0.5) is 0 Å². The minimum atomic E-state index is 0.0681. The highest BCUT2D eigenvalue weighted by Gasteiger charge is 2.60. The van der Waals surface area contributed by atoms with Crippen LogP contribution in [0.3, 0.4) is 0 Å². The summed E-state index contributed by atoms with van der Waals surface area (Å²) >= 11 is 0. The Morgan fingerprint density at radius 1 is 1.08 bits per heavy atom. The van der Waals surface area contributed by atoms with Gasteiger partial charge in [-0.3, -0.25) is 4.79 Å². The van der Waals surface area contributed by atoms with Crippen molar-refractivity contribution in [2.45, 2.75) is 96.9 Å². The molecule has 0 aromatic carbocycles. The van der Waals surface area contributed by atoms with Gasteiger partial charge in [0, 0.05) is 11.1 Å². The minimum absolute atomic E-state index is 0.0681. The smallest absolute Gasteiger partial charge is 0.246 e. The average Bonchev–Trinajstić information content (AvgIpc) is 2.50. The van der Waals surface area contributed by atoms with E-state index in [0.29, 0.717) is 22.8 Å². The molecule has 2 unspecified atom stereocenters. The molecule has 4 aliphatic carbocycles. The third kappa shape index (κ3) is 3.30. The van der Waals surface area contributed by atoms with Crippen LogP contribution in [0.2, 0.25) is 0 Å². The molecule has 0 radical (unpaired) electrons. The second-order valence-electron chi connectivity index (χ2n) is 9.59. The Morgan fingerprint density at radius 3 is 2.25 bits per heavy atom. The van der Waals surface area contributed by atoms with E-state index in [4.69, 9.17) is 0 Å². The standard InChI is InChI=1S/C22H37NO/c1-5-6-7-8-9-10-22(23-20(24)16(2)3)18-11-17-12-19(22)15-21(4,13-17)14-18/h17-19H,2,5-15H2,1,3-4H3,(H,23,24). The first-order valence-corrected chi connectivity index (χ1v) is 10.4. The Labute approximate surface area is 148 Å². The first kappa shape index (κ1) is 18.0. The zero-order chi connectivity index (χ0) is 17.4. The highest BCUT2D eigenvalue weighted by Crippen LogP contribution is 2.64. The van der Waals surface area contributed by atoms with Crippen molar-refractivity contribution < 1.29 is 4.79 Å².